The number of rotatable bonds is 4. The molecule has 6 nitrogen and oxygen atoms in total. The van der Waals surface area contributed by atoms with Gasteiger partial charge >= 0.3 is 0 Å². The molecule has 0 atom stereocenters. The van der Waals surface area contributed by atoms with E-state index >= 15 is 0 Å². The minimum atomic E-state index is -0.613. The van der Waals surface area contributed by atoms with E-state index in [9.17, 15) is 23.2 Å². The number of nitrogens with one attached hydrogen (secondary N) is 3. The molecule has 0 spiro atoms. The molecule has 0 aliphatic rings. The highest BCUT2D eigenvalue weighted by Gasteiger charge is 2.11. The molecule has 0 aliphatic heterocycles. The van der Waals surface area contributed by atoms with Gasteiger partial charge in [0.25, 0.3) is 17.7 Å². The lowest BCUT2D eigenvalue weighted by Crippen LogP contribution is -2.41. The summed E-state index contributed by atoms with van der Waals surface area (Å²) in [6, 6.07) is 15.9. The highest BCUT2D eigenvalue weighted by Crippen LogP contribution is 2.13. The number of carbonyl (C=O) groups excluding carboxylic acids is 3. The standard InChI is InChI=1S/C21H15F2N3O3/c22-16-8-4-13(5-9-16)19(27)24-18-3-1-2-15(12-18)21(29)26-25-20(28)14-6-10-17(23)11-7-14/h1-12H,(H,24,27)(H,25,28)(H,26,29). The molecule has 3 rings (SSSR count). The third-order valence-electron chi connectivity index (χ3n) is 3.89. The van der Waals surface area contributed by atoms with Crippen LogP contribution in [0, 0.1) is 11.6 Å². The summed E-state index contributed by atoms with van der Waals surface area (Å²) in [6.45, 7) is 0. The van der Waals surface area contributed by atoms with Crippen LogP contribution in [0.5, 0.6) is 0 Å². The third-order valence-corrected chi connectivity index (χ3v) is 3.89. The Balaban J connectivity index is 1.61. The van der Waals surface area contributed by atoms with Crippen molar-refractivity contribution in [1.29, 1.82) is 0 Å². The molecular weight excluding hydrogens is 380 g/mol. The Morgan fingerprint density at radius 2 is 1.07 bits per heavy atom. The van der Waals surface area contributed by atoms with Gasteiger partial charge in [-0.05, 0) is 66.7 Å². The van der Waals surface area contributed by atoms with Gasteiger partial charge in [-0.15, -0.1) is 0 Å². The maximum Gasteiger partial charge on any atom is 0.269 e. The van der Waals surface area contributed by atoms with E-state index in [0.717, 1.165) is 12.1 Å². The van der Waals surface area contributed by atoms with Gasteiger partial charge in [0.05, 0.1) is 0 Å². The second-order valence-corrected chi connectivity index (χ2v) is 5.96. The molecule has 3 aromatic rings. The lowest BCUT2D eigenvalue weighted by atomic mass is 10.1. The molecule has 3 amide bonds. The van der Waals surface area contributed by atoms with Crippen molar-refractivity contribution in [3.05, 3.63) is 101 Å². The monoisotopic (exact) mass is 395 g/mol. The van der Waals surface area contributed by atoms with Crippen molar-refractivity contribution >= 4 is 23.4 Å². The Morgan fingerprint density at radius 1 is 0.586 bits per heavy atom. The highest BCUT2D eigenvalue weighted by atomic mass is 19.1. The lowest BCUT2D eigenvalue weighted by Gasteiger charge is -2.09. The molecule has 0 saturated heterocycles. The summed E-state index contributed by atoms with van der Waals surface area (Å²) in [5.41, 5.74) is 5.42. The fourth-order valence-corrected chi connectivity index (χ4v) is 2.40. The molecule has 146 valence electrons. The summed E-state index contributed by atoms with van der Waals surface area (Å²) in [5.74, 6) is -2.63. The summed E-state index contributed by atoms with van der Waals surface area (Å²) < 4.78 is 25.8. The van der Waals surface area contributed by atoms with Crippen LogP contribution in [-0.2, 0) is 0 Å². The van der Waals surface area contributed by atoms with Crippen molar-refractivity contribution in [2.24, 2.45) is 0 Å². The zero-order valence-corrected chi connectivity index (χ0v) is 14.9. The van der Waals surface area contributed by atoms with Gasteiger partial charge in [-0.2, -0.15) is 0 Å². The first-order chi connectivity index (χ1) is 13.9. The van der Waals surface area contributed by atoms with E-state index in [1.165, 1.54) is 48.5 Å². The SMILES string of the molecule is O=C(NNC(=O)c1cccc(NC(=O)c2ccc(F)cc2)c1)c1ccc(F)cc1. The molecule has 0 saturated carbocycles. The number of hydrazine groups is 1. The van der Waals surface area contributed by atoms with Gasteiger partial charge in [0, 0.05) is 22.4 Å². The molecule has 0 heterocycles. The first kappa shape index (κ1) is 19.7. The van der Waals surface area contributed by atoms with Crippen LogP contribution in [0.4, 0.5) is 14.5 Å². The van der Waals surface area contributed by atoms with Crippen molar-refractivity contribution in [1.82, 2.24) is 10.9 Å². The van der Waals surface area contributed by atoms with E-state index in [1.807, 2.05) is 0 Å². The minimum Gasteiger partial charge on any atom is -0.322 e. The van der Waals surface area contributed by atoms with Gasteiger partial charge in [0.15, 0.2) is 0 Å². The minimum absolute atomic E-state index is 0.173. The molecule has 0 aliphatic carbocycles. The van der Waals surface area contributed by atoms with E-state index in [1.54, 1.807) is 12.1 Å². The van der Waals surface area contributed by atoms with E-state index in [0.29, 0.717) is 5.69 Å². The quantitative estimate of drug-likeness (QED) is 0.593. The van der Waals surface area contributed by atoms with Crippen LogP contribution in [0.3, 0.4) is 0 Å². The highest BCUT2D eigenvalue weighted by molar-refractivity contribution is 6.05. The van der Waals surface area contributed by atoms with Crippen LogP contribution < -0.4 is 16.2 Å². The van der Waals surface area contributed by atoms with Gasteiger partial charge < -0.3 is 5.32 Å². The molecule has 0 unspecified atom stereocenters. The van der Waals surface area contributed by atoms with Crippen LogP contribution in [0.25, 0.3) is 0 Å². The molecule has 8 heteroatoms. The first-order valence-electron chi connectivity index (χ1n) is 8.45. The normalized spacial score (nSPS) is 10.1. The van der Waals surface area contributed by atoms with Crippen LogP contribution in [0.15, 0.2) is 72.8 Å². The Morgan fingerprint density at radius 3 is 1.62 bits per heavy atom. The molecule has 29 heavy (non-hydrogen) atoms. The lowest BCUT2D eigenvalue weighted by molar-refractivity contribution is 0.0846. The molecular formula is C21H15F2N3O3. The smallest absolute Gasteiger partial charge is 0.269 e. The van der Waals surface area contributed by atoms with Gasteiger partial charge in [0.2, 0.25) is 0 Å². The predicted molar refractivity (Wildman–Crippen MR) is 102 cm³/mol. The molecule has 0 radical (unpaired) electrons. The van der Waals surface area contributed by atoms with Crippen molar-refractivity contribution in [3.8, 4) is 0 Å². The summed E-state index contributed by atoms with van der Waals surface area (Å²) in [6.07, 6.45) is 0. The second-order valence-electron chi connectivity index (χ2n) is 5.96. The summed E-state index contributed by atoms with van der Waals surface area (Å²) in [7, 11) is 0. The van der Waals surface area contributed by atoms with Gasteiger partial charge in [-0.25, -0.2) is 8.78 Å². The van der Waals surface area contributed by atoms with E-state index in [4.69, 9.17) is 0 Å². The van der Waals surface area contributed by atoms with E-state index < -0.39 is 29.4 Å². The largest absolute Gasteiger partial charge is 0.322 e. The van der Waals surface area contributed by atoms with E-state index in [-0.39, 0.29) is 16.7 Å². The maximum absolute atomic E-state index is 13.0. The van der Waals surface area contributed by atoms with Crippen LogP contribution in [0.2, 0.25) is 0 Å². The number of amides is 3. The number of hydrogen-bond donors (Lipinski definition) is 3. The Hall–Kier alpha value is -4.07. The summed E-state index contributed by atoms with van der Waals surface area (Å²) in [4.78, 5) is 36.4. The maximum atomic E-state index is 13.0. The number of benzene rings is 3. The van der Waals surface area contributed by atoms with Crippen LogP contribution >= 0.6 is 0 Å². The molecule has 0 fully saturated rings. The fourth-order valence-electron chi connectivity index (χ4n) is 2.40. The topological polar surface area (TPSA) is 87.3 Å². The van der Waals surface area contributed by atoms with Crippen molar-refractivity contribution in [2.75, 3.05) is 5.32 Å². The van der Waals surface area contributed by atoms with Crippen molar-refractivity contribution in [3.63, 3.8) is 0 Å². The zero-order chi connectivity index (χ0) is 20.8. The summed E-state index contributed by atoms with van der Waals surface area (Å²) in [5, 5.41) is 2.60. The molecule has 0 aromatic heterocycles. The third kappa shape index (κ3) is 5.23. The van der Waals surface area contributed by atoms with Crippen LogP contribution in [0.1, 0.15) is 31.1 Å². The van der Waals surface area contributed by atoms with Gasteiger partial charge in [-0.3, -0.25) is 25.2 Å². The number of hydrogen-bond acceptors (Lipinski definition) is 3. The number of halogens is 2. The average Bonchev–Trinajstić information content (AvgIpc) is 2.73. The van der Waals surface area contributed by atoms with E-state index in [2.05, 4.69) is 16.2 Å². The fraction of sp³-hybridized carbons (Fsp3) is 0. The predicted octanol–water partition coefficient (Wildman–Crippen LogP) is 3.29. The molecule has 3 aromatic carbocycles. The first-order valence-corrected chi connectivity index (χ1v) is 8.45. The molecule has 3 N–H and O–H groups in total. The van der Waals surface area contributed by atoms with Crippen molar-refractivity contribution < 1.29 is 23.2 Å². The Kier molecular flexibility index (Phi) is 5.94. The average molecular weight is 395 g/mol. The number of anilines is 1. The van der Waals surface area contributed by atoms with Gasteiger partial charge in [0.1, 0.15) is 11.6 Å². The zero-order valence-electron chi connectivity index (χ0n) is 14.9. The summed E-state index contributed by atoms with van der Waals surface area (Å²) >= 11 is 0. The Labute approximate surface area is 164 Å². The van der Waals surface area contributed by atoms with Crippen LogP contribution in [-0.4, -0.2) is 17.7 Å². The molecule has 0 bridgehead atoms. The van der Waals surface area contributed by atoms with Gasteiger partial charge in [-0.1, -0.05) is 6.07 Å². The number of carbonyl (C=O) groups is 3. The van der Waals surface area contributed by atoms with Crippen molar-refractivity contribution in [2.45, 2.75) is 0 Å². The Bertz CT molecular complexity index is 1050. The second kappa shape index (κ2) is 8.75.